The fourth-order valence-corrected chi connectivity index (χ4v) is 0.555. The lowest BCUT2D eigenvalue weighted by Gasteiger charge is -2.15. The van der Waals surface area contributed by atoms with Crippen LogP contribution in [0.5, 0.6) is 0 Å². The molecule has 0 bridgehead atoms. The van der Waals surface area contributed by atoms with Gasteiger partial charge in [0.2, 0.25) is 5.91 Å². The summed E-state index contributed by atoms with van der Waals surface area (Å²) in [7, 11) is 0. The van der Waals surface area contributed by atoms with Gasteiger partial charge in [-0.1, -0.05) is 6.08 Å². The van der Waals surface area contributed by atoms with Crippen molar-refractivity contribution in [1.29, 1.82) is 0 Å². The van der Waals surface area contributed by atoms with E-state index in [-0.39, 0.29) is 18.0 Å². The monoisotopic (exact) mass is 156 g/mol. The molecule has 3 N–H and O–H groups in total. The Hall–Kier alpha value is -0.830. The number of amides is 1. The van der Waals surface area contributed by atoms with Crippen molar-refractivity contribution in [2.24, 2.45) is 5.73 Å². The van der Waals surface area contributed by atoms with Gasteiger partial charge in [0.25, 0.3) is 0 Å². The summed E-state index contributed by atoms with van der Waals surface area (Å²) in [6, 6.07) is 0.0166. The van der Waals surface area contributed by atoms with Gasteiger partial charge in [0, 0.05) is 12.1 Å². The minimum absolute atomic E-state index is 0.00999. The lowest BCUT2D eigenvalue weighted by atomic mass is 10.2. The molecule has 0 aliphatic heterocycles. The fraction of sp³-hybridized carbons (Fsp3) is 0.625. The van der Waals surface area contributed by atoms with E-state index in [0.717, 1.165) is 0 Å². The van der Waals surface area contributed by atoms with Gasteiger partial charge in [-0.25, -0.2) is 0 Å². The number of hydrogen-bond donors (Lipinski definition) is 2. The van der Waals surface area contributed by atoms with Crippen LogP contribution in [0.15, 0.2) is 12.2 Å². The van der Waals surface area contributed by atoms with Crippen LogP contribution in [-0.4, -0.2) is 18.0 Å². The van der Waals surface area contributed by atoms with Crippen LogP contribution in [0.2, 0.25) is 0 Å². The molecule has 0 spiro atoms. The van der Waals surface area contributed by atoms with Gasteiger partial charge in [0.05, 0.1) is 0 Å². The Morgan fingerprint density at radius 2 is 2.09 bits per heavy atom. The first-order chi connectivity index (χ1) is 5.07. The van der Waals surface area contributed by atoms with Crippen molar-refractivity contribution in [3.05, 3.63) is 12.2 Å². The number of nitrogens with two attached hydrogens (primary N) is 1. The summed E-state index contributed by atoms with van der Waals surface area (Å²) < 4.78 is 0. The van der Waals surface area contributed by atoms with Gasteiger partial charge < -0.3 is 11.1 Å². The molecule has 1 amide bonds. The zero-order valence-corrected chi connectivity index (χ0v) is 7.29. The molecule has 0 saturated carbocycles. The predicted octanol–water partition coefficient (Wildman–Crippen LogP) is 0.414. The van der Waals surface area contributed by atoms with Crippen molar-refractivity contribution < 1.29 is 4.79 Å². The molecule has 0 rings (SSSR count). The smallest absolute Gasteiger partial charge is 0.243 e. The average Bonchev–Trinajstić information content (AvgIpc) is 1.87. The summed E-state index contributed by atoms with van der Waals surface area (Å²) in [5.41, 5.74) is 5.54. The highest BCUT2D eigenvalue weighted by molar-refractivity contribution is 5.87. The SMILES string of the molecule is C/C=C/C(=O)NC(C)C(C)N. The molecular weight excluding hydrogens is 140 g/mol. The van der Waals surface area contributed by atoms with Gasteiger partial charge in [-0.05, 0) is 26.8 Å². The molecule has 0 radical (unpaired) electrons. The maximum Gasteiger partial charge on any atom is 0.243 e. The zero-order valence-electron chi connectivity index (χ0n) is 7.29. The summed E-state index contributed by atoms with van der Waals surface area (Å²) in [5, 5.41) is 2.73. The predicted molar refractivity (Wildman–Crippen MR) is 46.1 cm³/mol. The number of allylic oxidation sites excluding steroid dienone is 1. The second-order valence-corrected chi connectivity index (χ2v) is 2.66. The van der Waals surface area contributed by atoms with Gasteiger partial charge in [-0.3, -0.25) is 4.79 Å². The number of carbonyl (C=O) groups is 1. The molecule has 0 fully saturated rings. The van der Waals surface area contributed by atoms with Crippen LogP contribution in [0.4, 0.5) is 0 Å². The lowest BCUT2D eigenvalue weighted by molar-refractivity contribution is -0.117. The van der Waals surface area contributed by atoms with Crippen molar-refractivity contribution in [1.82, 2.24) is 5.32 Å². The molecule has 0 aromatic heterocycles. The molecule has 0 aliphatic rings. The van der Waals surface area contributed by atoms with E-state index < -0.39 is 0 Å². The van der Waals surface area contributed by atoms with Crippen LogP contribution in [0.25, 0.3) is 0 Å². The van der Waals surface area contributed by atoms with Crippen molar-refractivity contribution >= 4 is 5.91 Å². The van der Waals surface area contributed by atoms with Crippen LogP contribution >= 0.6 is 0 Å². The number of carbonyl (C=O) groups excluding carboxylic acids is 1. The number of hydrogen-bond acceptors (Lipinski definition) is 2. The number of nitrogens with one attached hydrogen (secondary N) is 1. The number of rotatable bonds is 3. The van der Waals surface area contributed by atoms with Gasteiger partial charge in [-0.2, -0.15) is 0 Å². The summed E-state index contributed by atoms with van der Waals surface area (Å²) in [6.07, 6.45) is 3.18. The Bertz CT molecular complexity index is 152. The molecule has 0 heterocycles. The summed E-state index contributed by atoms with van der Waals surface area (Å²) in [4.78, 5) is 10.9. The average molecular weight is 156 g/mol. The second kappa shape index (κ2) is 4.91. The molecule has 0 aromatic carbocycles. The first-order valence-electron chi connectivity index (χ1n) is 3.76. The minimum Gasteiger partial charge on any atom is -0.349 e. The fourth-order valence-electron chi connectivity index (χ4n) is 0.555. The zero-order chi connectivity index (χ0) is 8.85. The van der Waals surface area contributed by atoms with Gasteiger partial charge in [0.15, 0.2) is 0 Å². The highest BCUT2D eigenvalue weighted by Gasteiger charge is 2.07. The van der Waals surface area contributed by atoms with E-state index in [2.05, 4.69) is 5.32 Å². The first kappa shape index (κ1) is 10.2. The van der Waals surface area contributed by atoms with E-state index in [9.17, 15) is 4.79 Å². The molecule has 11 heavy (non-hydrogen) atoms. The van der Waals surface area contributed by atoms with E-state index >= 15 is 0 Å². The van der Waals surface area contributed by atoms with Crippen LogP contribution in [0, 0.1) is 0 Å². The van der Waals surface area contributed by atoms with E-state index in [1.807, 2.05) is 13.8 Å². The molecule has 2 unspecified atom stereocenters. The Kier molecular flexibility index (Phi) is 4.54. The third-order valence-corrected chi connectivity index (χ3v) is 1.48. The van der Waals surface area contributed by atoms with Crippen LogP contribution < -0.4 is 11.1 Å². The van der Waals surface area contributed by atoms with Crippen LogP contribution in [0.3, 0.4) is 0 Å². The maximum absolute atomic E-state index is 10.9. The Morgan fingerprint density at radius 1 is 1.55 bits per heavy atom. The minimum atomic E-state index is -0.0858. The maximum atomic E-state index is 10.9. The molecule has 3 nitrogen and oxygen atoms in total. The lowest BCUT2D eigenvalue weighted by Crippen LogP contribution is -2.43. The van der Waals surface area contributed by atoms with Crippen LogP contribution in [0.1, 0.15) is 20.8 Å². The van der Waals surface area contributed by atoms with Gasteiger partial charge in [-0.15, -0.1) is 0 Å². The van der Waals surface area contributed by atoms with E-state index in [1.54, 1.807) is 13.0 Å². The topological polar surface area (TPSA) is 55.1 Å². The van der Waals surface area contributed by atoms with E-state index in [4.69, 9.17) is 5.73 Å². The van der Waals surface area contributed by atoms with Gasteiger partial charge in [0.1, 0.15) is 0 Å². The van der Waals surface area contributed by atoms with Crippen molar-refractivity contribution in [2.45, 2.75) is 32.9 Å². The molecule has 64 valence electrons. The normalized spacial score (nSPS) is 16.4. The Balaban J connectivity index is 3.75. The largest absolute Gasteiger partial charge is 0.349 e. The second-order valence-electron chi connectivity index (χ2n) is 2.66. The van der Waals surface area contributed by atoms with E-state index in [1.165, 1.54) is 6.08 Å². The third-order valence-electron chi connectivity index (χ3n) is 1.48. The molecule has 0 aromatic rings. The quantitative estimate of drug-likeness (QED) is 0.582. The highest BCUT2D eigenvalue weighted by Crippen LogP contribution is 1.87. The molecule has 2 atom stereocenters. The van der Waals surface area contributed by atoms with Crippen molar-refractivity contribution in [3.63, 3.8) is 0 Å². The molecule has 0 saturated heterocycles. The van der Waals surface area contributed by atoms with E-state index in [0.29, 0.717) is 0 Å². The molecule has 0 aliphatic carbocycles. The van der Waals surface area contributed by atoms with Gasteiger partial charge >= 0.3 is 0 Å². The molecule has 3 heteroatoms. The Labute approximate surface area is 67.7 Å². The van der Waals surface area contributed by atoms with Crippen molar-refractivity contribution in [2.75, 3.05) is 0 Å². The van der Waals surface area contributed by atoms with Crippen LogP contribution in [-0.2, 0) is 4.79 Å². The summed E-state index contributed by atoms with van der Waals surface area (Å²) in [5.74, 6) is -0.0858. The first-order valence-corrected chi connectivity index (χ1v) is 3.76. The summed E-state index contributed by atoms with van der Waals surface area (Å²) >= 11 is 0. The third kappa shape index (κ3) is 4.56. The summed E-state index contributed by atoms with van der Waals surface area (Å²) in [6.45, 7) is 5.54. The molecular formula is C8H16N2O. The standard InChI is InChI=1S/C8H16N2O/c1-4-5-8(11)10-7(3)6(2)9/h4-7H,9H2,1-3H3,(H,10,11)/b5-4+. The Morgan fingerprint density at radius 3 is 2.45 bits per heavy atom. The van der Waals surface area contributed by atoms with Crippen molar-refractivity contribution in [3.8, 4) is 0 Å². The highest BCUT2D eigenvalue weighted by atomic mass is 16.1.